The average molecular weight is 331 g/mol. The highest BCUT2D eigenvalue weighted by molar-refractivity contribution is 5.96. The zero-order valence-electron chi connectivity index (χ0n) is 14.5. The number of rotatable bonds is 9. The van der Waals surface area contributed by atoms with Gasteiger partial charge in [-0.3, -0.25) is 9.48 Å². The largest absolute Gasteiger partial charge is 0.497 e. The molecule has 0 saturated carbocycles. The number of hydrogen-bond donors (Lipinski definition) is 1. The van der Waals surface area contributed by atoms with Crippen LogP contribution in [0.4, 0.5) is 0 Å². The average Bonchev–Trinajstić information content (AvgIpc) is 3.01. The summed E-state index contributed by atoms with van der Waals surface area (Å²) in [6, 6.07) is 7.59. The summed E-state index contributed by atoms with van der Waals surface area (Å²) in [4.78, 5) is 12.5. The number of amides is 1. The first-order valence-electron chi connectivity index (χ1n) is 8.29. The summed E-state index contributed by atoms with van der Waals surface area (Å²) in [6.45, 7) is 5.83. The second kappa shape index (κ2) is 8.96. The van der Waals surface area contributed by atoms with Gasteiger partial charge in [-0.05, 0) is 30.5 Å². The quantitative estimate of drug-likeness (QED) is 0.767. The molecule has 0 saturated heterocycles. The number of nitrogens with one attached hydrogen (secondary N) is 1. The van der Waals surface area contributed by atoms with E-state index >= 15 is 0 Å². The molecule has 0 aliphatic carbocycles. The Bertz CT molecular complexity index is 650. The number of hydrogen-bond acceptors (Lipinski definition) is 4. The molecule has 0 atom stereocenters. The molecule has 1 amide bonds. The molecule has 0 fully saturated rings. The molecule has 130 valence electrons. The highest BCUT2D eigenvalue weighted by atomic mass is 16.5. The van der Waals surface area contributed by atoms with Crippen molar-refractivity contribution >= 4 is 5.91 Å². The molecule has 1 aromatic heterocycles. The molecule has 0 unspecified atom stereocenters. The second-order valence-electron chi connectivity index (χ2n) is 5.49. The van der Waals surface area contributed by atoms with Crippen molar-refractivity contribution in [1.29, 1.82) is 0 Å². The topological polar surface area (TPSA) is 65.4 Å². The van der Waals surface area contributed by atoms with Gasteiger partial charge in [0.25, 0.3) is 5.91 Å². The number of carbonyl (C=O) groups excluding carboxylic acids is 1. The lowest BCUT2D eigenvalue weighted by molar-refractivity contribution is 0.0946. The fourth-order valence-corrected chi connectivity index (χ4v) is 2.23. The lowest BCUT2D eigenvalue weighted by Gasteiger charge is -2.07. The van der Waals surface area contributed by atoms with Gasteiger partial charge < -0.3 is 14.8 Å². The molecule has 0 bridgehead atoms. The van der Waals surface area contributed by atoms with E-state index in [2.05, 4.69) is 17.3 Å². The van der Waals surface area contributed by atoms with Crippen molar-refractivity contribution < 1.29 is 14.3 Å². The summed E-state index contributed by atoms with van der Waals surface area (Å²) in [7, 11) is 1.63. The van der Waals surface area contributed by atoms with E-state index in [0.29, 0.717) is 24.6 Å². The van der Waals surface area contributed by atoms with Crippen molar-refractivity contribution in [1.82, 2.24) is 15.1 Å². The van der Waals surface area contributed by atoms with Crippen molar-refractivity contribution in [2.75, 3.05) is 13.7 Å². The smallest absolute Gasteiger partial charge is 0.258 e. The van der Waals surface area contributed by atoms with E-state index in [1.807, 2.05) is 31.2 Å². The lowest BCUT2D eigenvalue weighted by atomic mass is 10.2. The maximum absolute atomic E-state index is 12.5. The minimum Gasteiger partial charge on any atom is -0.497 e. The van der Waals surface area contributed by atoms with Crippen LogP contribution in [0.5, 0.6) is 11.6 Å². The van der Waals surface area contributed by atoms with Gasteiger partial charge in [-0.25, -0.2) is 0 Å². The molecule has 2 aromatic rings. The first-order chi connectivity index (χ1) is 11.7. The Morgan fingerprint density at radius 3 is 2.58 bits per heavy atom. The molecule has 1 N–H and O–H groups in total. The Kier molecular flexibility index (Phi) is 6.66. The minimum absolute atomic E-state index is 0.181. The number of aromatic nitrogens is 2. The highest BCUT2D eigenvalue weighted by Crippen LogP contribution is 2.17. The SMILES string of the molecule is CCCOc1nn(CCC)cc1C(=O)NCc1ccc(OC)cc1. The fraction of sp³-hybridized carbons (Fsp3) is 0.444. The third kappa shape index (κ3) is 4.75. The molecular formula is C18H25N3O3. The summed E-state index contributed by atoms with van der Waals surface area (Å²) in [5, 5.41) is 7.27. The van der Waals surface area contributed by atoms with Crippen molar-refractivity contribution in [3.63, 3.8) is 0 Å². The van der Waals surface area contributed by atoms with Crippen LogP contribution >= 0.6 is 0 Å². The number of methoxy groups -OCH3 is 1. The number of carbonyl (C=O) groups is 1. The van der Waals surface area contributed by atoms with Gasteiger partial charge in [0, 0.05) is 19.3 Å². The molecular weight excluding hydrogens is 306 g/mol. The van der Waals surface area contributed by atoms with Crippen LogP contribution in [0.15, 0.2) is 30.5 Å². The summed E-state index contributed by atoms with van der Waals surface area (Å²) in [6.07, 6.45) is 3.56. The van der Waals surface area contributed by atoms with Gasteiger partial charge in [0.1, 0.15) is 11.3 Å². The van der Waals surface area contributed by atoms with Crippen molar-refractivity contribution in [3.8, 4) is 11.6 Å². The number of aryl methyl sites for hydroxylation is 1. The third-order valence-electron chi connectivity index (χ3n) is 3.48. The van der Waals surface area contributed by atoms with Crippen LogP contribution in [0.3, 0.4) is 0 Å². The third-order valence-corrected chi connectivity index (χ3v) is 3.48. The Hall–Kier alpha value is -2.50. The van der Waals surface area contributed by atoms with Crippen molar-refractivity contribution in [2.45, 2.75) is 39.8 Å². The molecule has 2 rings (SSSR count). The number of ether oxygens (including phenoxy) is 2. The molecule has 0 aliphatic heterocycles. The molecule has 1 aromatic carbocycles. The first kappa shape index (κ1) is 17.8. The van der Waals surface area contributed by atoms with Crippen LogP contribution in [-0.4, -0.2) is 29.4 Å². The molecule has 6 nitrogen and oxygen atoms in total. The summed E-state index contributed by atoms with van der Waals surface area (Å²) in [5.41, 5.74) is 1.48. The second-order valence-corrected chi connectivity index (χ2v) is 5.49. The minimum atomic E-state index is -0.181. The van der Waals surface area contributed by atoms with Crippen LogP contribution in [-0.2, 0) is 13.1 Å². The maximum Gasteiger partial charge on any atom is 0.258 e. The Morgan fingerprint density at radius 1 is 1.21 bits per heavy atom. The van der Waals surface area contributed by atoms with Gasteiger partial charge in [-0.15, -0.1) is 5.10 Å². The monoisotopic (exact) mass is 331 g/mol. The predicted molar refractivity (Wildman–Crippen MR) is 92.5 cm³/mol. The van der Waals surface area contributed by atoms with E-state index in [0.717, 1.165) is 30.7 Å². The Labute approximate surface area is 142 Å². The van der Waals surface area contributed by atoms with E-state index in [4.69, 9.17) is 9.47 Å². The molecule has 24 heavy (non-hydrogen) atoms. The van der Waals surface area contributed by atoms with Crippen LogP contribution in [0.2, 0.25) is 0 Å². The Morgan fingerprint density at radius 2 is 1.96 bits per heavy atom. The molecule has 0 aliphatic rings. The van der Waals surface area contributed by atoms with Crippen molar-refractivity contribution in [2.24, 2.45) is 0 Å². The van der Waals surface area contributed by atoms with Gasteiger partial charge in [-0.1, -0.05) is 26.0 Å². The predicted octanol–water partition coefficient (Wildman–Crippen LogP) is 3.02. The standard InChI is InChI=1S/C18H25N3O3/c1-4-10-21-13-16(18(20-21)24-11-5-2)17(22)19-12-14-6-8-15(23-3)9-7-14/h6-9,13H,4-5,10-12H2,1-3H3,(H,19,22). The summed E-state index contributed by atoms with van der Waals surface area (Å²) in [5.74, 6) is 1.01. The van der Waals surface area contributed by atoms with E-state index in [1.165, 1.54) is 0 Å². The van der Waals surface area contributed by atoms with Gasteiger partial charge in [0.2, 0.25) is 5.88 Å². The molecule has 1 heterocycles. The first-order valence-corrected chi connectivity index (χ1v) is 8.29. The van der Waals surface area contributed by atoms with E-state index in [1.54, 1.807) is 18.0 Å². The van der Waals surface area contributed by atoms with E-state index < -0.39 is 0 Å². The number of nitrogens with zero attached hydrogens (tertiary/aromatic N) is 2. The highest BCUT2D eigenvalue weighted by Gasteiger charge is 2.17. The molecule has 0 radical (unpaired) electrons. The van der Waals surface area contributed by atoms with Crippen LogP contribution in [0.1, 0.15) is 42.6 Å². The Balaban J connectivity index is 2.03. The zero-order chi connectivity index (χ0) is 17.4. The van der Waals surface area contributed by atoms with Gasteiger partial charge in [0.05, 0.1) is 13.7 Å². The van der Waals surface area contributed by atoms with Crippen molar-refractivity contribution in [3.05, 3.63) is 41.6 Å². The maximum atomic E-state index is 12.5. The lowest BCUT2D eigenvalue weighted by Crippen LogP contribution is -2.23. The van der Waals surface area contributed by atoms with Crippen LogP contribution in [0, 0.1) is 0 Å². The van der Waals surface area contributed by atoms with Gasteiger partial charge in [-0.2, -0.15) is 0 Å². The van der Waals surface area contributed by atoms with Crippen LogP contribution in [0.25, 0.3) is 0 Å². The zero-order valence-corrected chi connectivity index (χ0v) is 14.5. The summed E-state index contributed by atoms with van der Waals surface area (Å²) < 4.78 is 12.5. The van der Waals surface area contributed by atoms with Crippen LogP contribution < -0.4 is 14.8 Å². The van der Waals surface area contributed by atoms with E-state index in [9.17, 15) is 4.79 Å². The fourth-order valence-electron chi connectivity index (χ4n) is 2.23. The van der Waals surface area contributed by atoms with Gasteiger partial charge in [0.15, 0.2) is 0 Å². The number of benzene rings is 1. The van der Waals surface area contributed by atoms with Gasteiger partial charge >= 0.3 is 0 Å². The summed E-state index contributed by atoms with van der Waals surface area (Å²) >= 11 is 0. The molecule has 6 heteroatoms. The van der Waals surface area contributed by atoms with E-state index in [-0.39, 0.29) is 5.91 Å². The normalized spacial score (nSPS) is 10.5. The molecule has 0 spiro atoms.